The number of hydrogen-bond acceptors (Lipinski definition) is 2. The third-order valence-electron chi connectivity index (χ3n) is 3.43. The molecule has 0 aliphatic carbocycles. The van der Waals surface area contributed by atoms with Gasteiger partial charge in [-0.05, 0) is 36.6 Å². The lowest BCUT2D eigenvalue weighted by Gasteiger charge is -2.16. The number of nitrogens with zero attached hydrogens (tertiary/aromatic N) is 1. The minimum Gasteiger partial charge on any atom is -0.395 e. The fraction of sp³-hybridized carbons (Fsp3) is 0.500. The maximum Gasteiger partial charge on any atom is 0.124 e. The fourth-order valence-electron chi connectivity index (χ4n) is 2.43. The molecule has 1 fully saturated rings. The molecule has 1 heterocycles. The molecule has 1 aliphatic rings. The zero-order valence-electron chi connectivity index (χ0n) is 11.3. The standard InChI is InChI=1S/C16H20FNO/c1-13-7-8-18(11-13)12-15-5-6-16(17)10-14(15)4-2-3-9-19/h5-6,10,13,19H,3,7-9,11-12H2,1H3. The van der Waals surface area contributed by atoms with Crippen molar-refractivity contribution in [3.8, 4) is 11.8 Å². The van der Waals surface area contributed by atoms with Gasteiger partial charge >= 0.3 is 0 Å². The highest BCUT2D eigenvalue weighted by Gasteiger charge is 2.19. The summed E-state index contributed by atoms with van der Waals surface area (Å²) in [6, 6.07) is 4.80. The van der Waals surface area contributed by atoms with Crippen LogP contribution in [0.5, 0.6) is 0 Å². The van der Waals surface area contributed by atoms with Gasteiger partial charge in [0.15, 0.2) is 0 Å². The molecule has 3 heteroatoms. The second-order valence-electron chi connectivity index (χ2n) is 5.21. The normalized spacial score (nSPS) is 19.2. The maximum absolute atomic E-state index is 13.3. The molecule has 0 amide bonds. The van der Waals surface area contributed by atoms with E-state index in [1.165, 1.54) is 18.6 Å². The van der Waals surface area contributed by atoms with E-state index >= 15 is 0 Å². The van der Waals surface area contributed by atoms with Gasteiger partial charge in [0.05, 0.1) is 6.61 Å². The van der Waals surface area contributed by atoms with Gasteiger partial charge in [-0.1, -0.05) is 24.8 Å². The van der Waals surface area contributed by atoms with Crippen LogP contribution in [0.1, 0.15) is 30.9 Å². The highest BCUT2D eigenvalue weighted by Crippen LogP contribution is 2.20. The fourth-order valence-corrected chi connectivity index (χ4v) is 2.43. The average Bonchev–Trinajstić information content (AvgIpc) is 2.78. The molecule has 1 saturated heterocycles. The summed E-state index contributed by atoms with van der Waals surface area (Å²) in [5.74, 6) is 6.31. The lowest BCUT2D eigenvalue weighted by Crippen LogP contribution is -2.20. The Bertz CT molecular complexity index is 489. The summed E-state index contributed by atoms with van der Waals surface area (Å²) >= 11 is 0. The van der Waals surface area contributed by atoms with Crippen LogP contribution in [-0.4, -0.2) is 29.7 Å². The van der Waals surface area contributed by atoms with Crippen molar-refractivity contribution in [3.63, 3.8) is 0 Å². The number of hydrogen-bond donors (Lipinski definition) is 1. The summed E-state index contributed by atoms with van der Waals surface area (Å²) in [7, 11) is 0. The Morgan fingerprint density at radius 2 is 2.32 bits per heavy atom. The zero-order valence-corrected chi connectivity index (χ0v) is 11.3. The molecule has 1 aliphatic heterocycles. The van der Waals surface area contributed by atoms with Crippen molar-refractivity contribution in [2.24, 2.45) is 5.92 Å². The molecule has 0 aromatic heterocycles. The van der Waals surface area contributed by atoms with E-state index in [-0.39, 0.29) is 12.4 Å². The highest BCUT2D eigenvalue weighted by atomic mass is 19.1. The van der Waals surface area contributed by atoms with Gasteiger partial charge in [0.1, 0.15) is 5.82 Å². The number of halogens is 1. The molecule has 2 rings (SSSR count). The topological polar surface area (TPSA) is 23.5 Å². The van der Waals surface area contributed by atoms with Crippen LogP contribution in [-0.2, 0) is 6.54 Å². The molecule has 0 spiro atoms. The van der Waals surface area contributed by atoms with Crippen molar-refractivity contribution in [3.05, 3.63) is 35.1 Å². The third kappa shape index (κ3) is 4.05. The lowest BCUT2D eigenvalue weighted by atomic mass is 10.1. The van der Waals surface area contributed by atoms with E-state index in [4.69, 9.17) is 5.11 Å². The van der Waals surface area contributed by atoms with Crippen molar-refractivity contribution in [2.45, 2.75) is 26.3 Å². The smallest absolute Gasteiger partial charge is 0.124 e. The second kappa shape index (κ2) is 6.70. The van der Waals surface area contributed by atoms with Gasteiger partial charge < -0.3 is 5.11 Å². The predicted octanol–water partition coefficient (Wildman–Crippen LogP) is 2.40. The minimum absolute atomic E-state index is 0.0429. The van der Waals surface area contributed by atoms with E-state index in [1.54, 1.807) is 0 Å². The Balaban J connectivity index is 2.13. The quantitative estimate of drug-likeness (QED) is 0.845. The van der Waals surface area contributed by atoms with E-state index in [2.05, 4.69) is 23.7 Å². The summed E-state index contributed by atoms with van der Waals surface area (Å²) in [5.41, 5.74) is 1.81. The van der Waals surface area contributed by atoms with Crippen LogP contribution < -0.4 is 0 Å². The Morgan fingerprint density at radius 1 is 1.47 bits per heavy atom. The first-order valence-electron chi connectivity index (χ1n) is 6.79. The number of rotatable bonds is 3. The monoisotopic (exact) mass is 261 g/mol. The Kier molecular flexibility index (Phi) is 4.95. The van der Waals surface area contributed by atoms with Gasteiger partial charge in [-0.25, -0.2) is 4.39 Å². The molecule has 0 bridgehead atoms. The lowest BCUT2D eigenvalue weighted by molar-refractivity contribution is 0.305. The average molecular weight is 261 g/mol. The zero-order chi connectivity index (χ0) is 13.7. The van der Waals surface area contributed by atoms with E-state index in [0.29, 0.717) is 6.42 Å². The number of benzene rings is 1. The maximum atomic E-state index is 13.3. The molecule has 1 atom stereocenters. The van der Waals surface area contributed by atoms with E-state index < -0.39 is 0 Å². The van der Waals surface area contributed by atoms with Gasteiger partial charge in [-0.15, -0.1) is 0 Å². The van der Waals surface area contributed by atoms with Crippen LogP contribution in [0.25, 0.3) is 0 Å². The van der Waals surface area contributed by atoms with Crippen LogP contribution in [0.3, 0.4) is 0 Å². The van der Waals surface area contributed by atoms with E-state index in [1.807, 2.05) is 6.07 Å². The summed E-state index contributed by atoms with van der Waals surface area (Å²) in [4.78, 5) is 2.38. The number of likely N-dealkylation sites (tertiary alicyclic amines) is 1. The molecule has 1 unspecified atom stereocenters. The van der Waals surface area contributed by atoms with Crippen LogP contribution in [0, 0.1) is 23.6 Å². The largest absolute Gasteiger partial charge is 0.395 e. The van der Waals surface area contributed by atoms with Crippen molar-refractivity contribution in [2.75, 3.05) is 19.7 Å². The second-order valence-corrected chi connectivity index (χ2v) is 5.21. The first-order valence-corrected chi connectivity index (χ1v) is 6.79. The molecule has 1 N–H and O–H groups in total. The van der Waals surface area contributed by atoms with E-state index in [0.717, 1.165) is 36.7 Å². The molecule has 1 aromatic carbocycles. The van der Waals surface area contributed by atoms with Crippen LogP contribution >= 0.6 is 0 Å². The summed E-state index contributed by atoms with van der Waals surface area (Å²) in [6.07, 6.45) is 1.66. The van der Waals surface area contributed by atoms with Gasteiger partial charge in [0, 0.05) is 25.1 Å². The Labute approximate surface area is 114 Å². The molecule has 0 saturated carbocycles. The summed E-state index contributed by atoms with van der Waals surface area (Å²) < 4.78 is 13.3. The third-order valence-corrected chi connectivity index (χ3v) is 3.43. The molecule has 1 aromatic rings. The SMILES string of the molecule is CC1CCN(Cc2ccc(F)cc2C#CCCO)C1. The van der Waals surface area contributed by atoms with Crippen LogP contribution in [0.15, 0.2) is 18.2 Å². The molecule has 19 heavy (non-hydrogen) atoms. The van der Waals surface area contributed by atoms with Crippen LogP contribution in [0.4, 0.5) is 4.39 Å². The van der Waals surface area contributed by atoms with Crippen molar-refractivity contribution >= 4 is 0 Å². The summed E-state index contributed by atoms with van der Waals surface area (Å²) in [6.45, 7) is 5.32. The first kappa shape index (κ1) is 14.0. The van der Waals surface area contributed by atoms with E-state index in [9.17, 15) is 4.39 Å². The molecule has 2 nitrogen and oxygen atoms in total. The first-order chi connectivity index (χ1) is 9.19. The van der Waals surface area contributed by atoms with Crippen molar-refractivity contribution in [1.29, 1.82) is 0 Å². The van der Waals surface area contributed by atoms with Crippen molar-refractivity contribution < 1.29 is 9.50 Å². The van der Waals surface area contributed by atoms with Crippen LogP contribution in [0.2, 0.25) is 0 Å². The Morgan fingerprint density at radius 3 is 3.00 bits per heavy atom. The van der Waals surface area contributed by atoms with Crippen molar-refractivity contribution in [1.82, 2.24) is 4.90 Å². The minimum atomic E-state index is -0.258. The predicted molar refractivity (Wildman–Crippen MR) is 74.0 cm³/mol. The van der Waals surface area contributed by atoms with Gasteiger partial charge in [-0.3, -0.25) is 4.90 Å². The molecular formula is C16H20FNO. The molecular weight excluding hydrogens is 241 g/mol. The molecule has 102 valence electrons. The molecule has 0 radical (unpaired) electrons. The summed E-state index contributed by atoms with van der Waals surface area (Å²) in [5, 5.41) is 8.74. The highest BCUT2D eigenvalue weighted by molar-refractivity contribution is 5.41. The van der Waals surface area contributed by atoms with Gasteiger partial charge in [0.2, 0.25) is 0 Å². The number of aliphatic hydroxyl groups is 1. The Hall–Kier alpha value is -1.37. The number of aliphatic hydroxyl groups excluding tert-OH is 1. The van der Waals surface area contributed by atoms with Gasteiger partial charge in [-0.2, -0.15) is 0 Å². The van der Waals surface area contributed by atoms with Gasteiger partial charge in [0.25, 0.3) is 0 Å².